The van der Waals surface area contributed by atoms with Crippen molar-refractivity contribution in [1.29, 1.82) is 0 Å². The zero-order valence-electron chi connectivity index (χ0n) is 9.43. The molecule has 0 aromatic carbocycles. The minimum atomic E-state index is 0.486. The van der Waals surface area contributed by atoms with Gasteiger partial charge in [0.1, 0.15) is 5.82 Å². The third kappa shape index (κ3) is 1.49. The van der Waals surface area contributed by atoms with Crippen molar-refractivity contribution >= 4 is 21.7 Å². The van der Waals surface area contributed by atoms with E-state index in [1.807, 2.05) is 4.68 Å². The molecule has 0 radical (unpaired) electrons. The predicted molar refractivity (Wildman–Crippen MR) is 67.2 cm³/mol. The molecule has 0 aliphatic carbocycles. The monoisotopic (exact) mass is 284 g/mol. The lowest BCUT2D eigenvalue weighted by atomic mass is 9.98. The van der Waals surface area contributed by atoms with Gasteiger partial charge in [0.15, 0.2) is 0 Å². The lowest BCUT2D eigenvalue weighted by Gasteiger charge is -2.36. The number of hydrogen-bond acceptors (Lipinski definition) is 3. The quantitative estimate of drug-likeness (QED) is 0.858. The van der Waals surface area contributed by atoms with Crippen molar-refractivity contribution in [2.75, 3.05) is 12.8 Å². The lowest BCUT2D eigenvalue weighted by molar-refractivity contribution is 0.132. The van der Waals surface area contributed by atoms with Crippen LogP contribution in [0.4, 0.5) is 5.82 Å². The molecular formula is C11H17BrN4. The Balaban J connectivity index is 1.85. The third-order valence-corrected chi connectivity index (χ3v) is 4.82. The standard InChI is InChI=1S/C11H17BrN4/c1-15-7-2-3-8(15)5-9(4-7)16-11(13)10(12)6-14-16/h6-9H,2-5,13H2,1H3. The van der Waals surface area contributed by atoms with Crippen molar-refractivity contribution in [3.05, 3.63) is 10.7 Å². The van der Waals surface area contributed by atoms with E-state index in [0.29, 0.717) is 6.04 Å². The first-order chi connectivity index (χ1) is 7.66. The van der Waals surface area contributed by atoms with Gasteiger partial charge in [0, 0.05) is 12.1 Å². The number of aromatic nitrogens is 2. The molecule has 0 amide bonds. The average molecular weight is 285 g/mol. The number of nitrogens with two attached hydrogens (primary N) is 1. The zero-order valence-corrected chi connectivity index (χ0v) is 11.0. The molecular weight excluding hydrogens is 268 g/mol. The Labute approximate surface area is 104 Å². The minimum Gasteiger partial charge on any atom is -0.383 e. The molecule has 3 heterocycles. The Morgan fingerprint density at radius 3 is 2.44 bits per heavy atom. The number of nitrogens with zero attached hydrogens (tertiary/aromatic N) is 3. The van der Waals surface area contributed by atoms with E-state index in [4.69, 9.17) is 5.73 Å². The zero-order chi connectivity index (χ0) is 11.3. The topological polar surface area (TPSA) is 47.1 Å². The van der Waals surface area contributed by atoms with Crippen LogP contribution in [0.2, 0.25) is 0 Å². The highest BCUT2D eigenvalue weighted by atomic mass is 79.9. The van der Waals surface area contributed by atoms with Gasteiger partial charge in [-0.15, -0.1) is 0 Å². The van der Waals surface area contributed by atoms with Gasteiger partial charge in [0.25, 0.3) is 0 Å². The molecule has 3 rings (SSSR count). The fraction of sp³-hybridized carbons (Fsp3) is 0.727. The van der Waals surface area contributed by atoms with E-state index in [2.05, 4.69) is 33.0 Å². The molecule has 1 aromatic rings. The van der Waals surface area contributed by atoms with Crippen LogP contribution in [0.3, 0.4) is 0 Å². The Hall–Kier alpha value is -0.550. The normalized spacial score (nSPS) is 34.5. The summed E-state index contributed by atoms with van der Waals surface area (Å²) in [5.74, 6) is 0.772. The van der Waals surface area contributed by atoms with Crippen LogP contribution in [0.5, 0.6) is 0 Å². The van der Waals surface area contributed by atoms with E-state index in [1.165, 1.54) is 25.7 Å². The second-order valence-electron chi connectivity index (χ2n) is 5.00. The average Bonchev–Trinajstić information content (AvgIpc) is 2.68. The molecule has 0 saturated carbocycles. The largest absolute Gasteiger partial charge is 0.383 e. The van der Waals surface area contributed by atoms with Crippen molar-refractivity contribution in [2.45, 2.75) is 43.8 Å². The van der Waals surface area contributed by atoms with E-state index in [9.17, 15) is 0 Å². The van der Waals surface area contributed by atoms with Crippen LogP contribution >= 0.6 is 15.9 Å². The van der Waals surface area contributed by atoms with Gasteiger partial charge in [-0.2, -0.15) is 5.10 Å². The van der Waals surface area contributed by atoms with Crippen molar-refractivity contribution in [3.63, 3.8) is 0 Å². The summed E-state index contributed by atoms with van der Waals surface area (Å²) in [6, 6.07) is 1.94. The summed E-state index contributed by atoms with van der Waals surface area (Å²) in [7, 11) is 2.25. The molecule has 88 valence electrons. The summed E-state index contributed by atoms with van der Waals surface area (Å²) in [5, 5.41) is 4.39. The molecule has 16 heavy (non-hydrogen) atoms. The first kappa shape index (κ1) is 10.6. The Morgan fingerprint density at radius 2 is 1.94 bits per heavy atom. The Bertz CT molecular complexity index is 389. The summed E-state index contributed by atoms with van der Waals surface area (Å²) in [4.78, 5) is 2.53. The summed E-state index contributed by atoms with van der Waals surface area (Å²) >= 11 is 3.42. The van der Waals surface area contributed by atoms with Crippen molar-refractivity contribution in [1.82, 2.24) is 14.7 Å². The number of nitrogen functional groups attached to an aromatic ring is 1. The molecule has 2 unspecified atom stereocenters. The number of piperidine rings is 1. The first-order valence-corrected chi connectivity index (χ1v) is 6.66. The van der Waals surface area contributed by atoms with E-state index in [0.717, 1.165) is 22.4 Å². The fourth-order valence-corrected chi connectivity index (χ4v) is 3.50. The summed E-state index contributed by atoms with van der Waals surface area (Å²) in [5.41, 5.74) is 6.02. The van der Waals surface area contributed by atoms with Crippen molar-refractivity contribution < 1.29 is 0 Å². The molecule has 5 heteroatoms. The molecule has 2 aliphatic heterocycles. The van der Waals surface area contributed by atoms with Gasteiger partial charge < -0.3 is 10.6 Å². The highest BCUT2D eigenvalue weighted by Crippen LogP contribution is 2.40. The van der Waals surface area contributed by atoms with Gasteiger partial charge in [0.2, 0.25) is 0 Å². The van der Waals surface area contributed by atoms with E-state index in [1.54, 1.807) is 6.20 Å². The van der Waals surface area contributed by atoms with Crippen molar-refractivity contribution in [2.24, 2.45) is 0 Å². The number of halogens is 1. The molecule has 2 atom stereocenters. The first-order valence-electron chi connectivity index (χ1n) is 5.87. The molecule has 4 nitrogen and oxygen atoms in total. The smallest absolute Gasteiger partial charge is 0.136 e. The molecule has 2 fully saturated rings. The summed E-state index contributed by atoms with van der Waals surface area (Å²) in [6.45, 7) is 0. The second kappa shape index (κ2) is 3.74. The van der Waals surface area contributed by atoms with Gasteiger partial charge >= 0.3 is 0 Å². The fourth-order valence-electron chi connectivity index (χ4n) is 3.22. The molecule has 2 bridgehead atoms. The highest BCUT2D eigenvalue weighted by Gasteiger charge is 2.39. The van der Waals surface area contributed by atoms with Gasteiger partial charge in [-0.25, -0.2) is 4.68 Å². The number of hydrogen-bond donors (Lipinski definition) is 1. The molecule has 2 aliphatic rings. The maximum absolute atomic E-state index is 6.02. The van der Waals surface area contributed by atoms with Crippen LogP contribution in [0.15, 0.2) is 10.7 Å². The van der Waals surface area contributed by atoms with E-state index < -0.39 is 0 Å². The van der Waals surface area contributed by atoms with Gasteiger partial charge in [0.05, 0.1) is 16.7 Å². The van der Waals surface area contributed by atoms with Crippen LogP contribution in [0, 0.1) is 0 Å². The molecule has 2 N–H and O–H groups in total. The predicted octanol–water partition coefficient (Wildman–Crippen LogP) is 2.03. The SMILES string of the molecule is CN1C2CCC1CC(n1ncc(Br)c1N)C2. The van der Waals surface area contributed by atoms with E-state index >= 15 is 0 Å². The summed E-state index contributed by atoms with van der Waals surface area (Å²) in [6.07, 6.45) is 6.84. The molecule has 2 saturated heterocycles. The van der Waals surface area contributed by atoms with Gasteiger partial charge in [-0.1, -0.05) is 0 Å². The maximum atomic E-state index is 6.02. The highest BCUT2D eigenvalue weighted by molar-refractivity contribution is 9.10. The van der Waals surface area contributed by atoms with Crippen LogP contribution in [-0.4, -0.2) is 33.8 Å². The number of fused-ring (bicyclic) bond motifs is 2. The van der Waals surface area contributed by atoms with Crippen LogP contribution in [0.25, 0.3) is 0 Å². The maximum Gasteiger partial charge on any atom is 0.136 e. The van der Waals surface area contributed by atoms with Gasteiger partial charge in [-0.05, 0) is 48.7 Å². The van der Waals surface area contributed by atoms with Crippen LogP contribution in [0.1, 0.15) is 31.7 Å². The minimum absolute atomic E-state index is 0.486. The third-order valence-electron chi connectivity index (χ3n) is 4.21. The van der Waals surface area contributed by atoms with Crippen LogP contribution < -0.4 is 5.73 Å². The number of anilines is 1. The van der Waals surface area contributed by atoms with Gasteiger partial charge in [-0.3, -0.25) is 0 Å². The van der Waals surface area contributed by atoms with E-state index in [-0.39, 0.29) is 0 Å². The van der Waals surface area contributed by atoms with Crippen LogP contribution in [-0.2, 0) is 0 Å². The lowest BCUT2D eigenvalue weighted by Crippen LogP contribution is -2.40. The number of rotatable bonds is 1. The summed E-state index contributed by atoms with van der Waals surface area (Å²) < 4.78 is 2.92. The molecule has 0 spiro atoms. The Morgan fingerprint density at radius 1 is 1.31 bits per heavy atom. The Kier molecular flexibility index (Phi) is 2.47. The second-order valence-corrected chi connectivity index (χ2v) is 5.85. The van der Waals surface area contributed by atoms with Crippen molar-refractivity contribution in [3.8, 4) is 0 Å². The molecule has 1 aromatic heterocycles.